The number of amides is 1. The summed E-state index contributed by atoms with van der Waals surface area (Å²) in [7, 11) is 0. The molecule has 1 atom stereocenters. The van der Waals surface area contributed by atoms with Crippen LogP contribution in [-0.4, -0.2) is 11.0 Å². The third kappa shape index (κ3) is 2.96. The van der Waals surface area contributed by atoms with Gasteiger partial charge in [-0.1, -0.05) is 24.3 Å². The van der Waals surface area contributed by atoms with Crippen LogP contribution >= 0.6 is 0 Å². The van der Waals surface area contributed by atoms with Gasteiger partial charge in [-0.25, -0.2) is 0 Å². The number of para-hydroxylation sites is 1. The summed E-state index contributed by atoms with van der Waals surface area (Å²) >= 11 is 0. The molecule has 0 saturated heterocycles. The fraction of sp³-hybridized carbons (Fsp3) is 0.125. The van der Waals surface area contributed by atoms with Crippen molar-refractivity contribution in [3.05, 3.63) is 65.2 Å². The van der Waals surface area contributed by atoms with Crippen LogP contribution in [0.5, 0.6) is 5.75 Å². The Bertz CT molecular complexity index is 657. The number of nitrogens with zero attached hydrogens (tertiary/aromatic N) is 1. The first kappa shape index (κ1) is 13.6. The molecule has 0 radical (unpaired) electrons. The van der Waals surface area contributed by atoms with Crippen LogP contribution in [0.15, 0.2) is 48.5 Å². The van der Waals surface area contributed by atoms with Crippen molar-refractivity contribution in [2.24, 2.45) is 0 Å². The molecule has 0 aromatic heterocycles. The van der Waals surface area contributed by atoms with Crippen molar-refractivity contribution in [3.8, 4) is 11.8 Å². The Kier molecular flexibility index (Phi) is 4.02. The summed E-state index contributed by atoms with van der Waals surface area (Å²) < 4.78 is 0. The second kappa shape index (κ2) is 5.89. The van der Waals surface area contributed by atoms with E-state index in [9.17, 15) is 9.90 Å². The van der Waals surface area contributed by atoms with Crippen molar-refractivity contribution in [2.75, 3.05) is 0 Å². The molecule has 1 amide bonds. The molecular formula is C16H14N2O2. The molecule has 1 unspecified atom stereocenters. The standard InChI is InChI=1S/C16H14N2O2/c1-11(13-8-6-12(10-17)7-9-13)18-16(20)14-4-2-3-5-15(14)19/h2-9,11,19H,1H3,(H,18,20). The highest BCUT2D eigenvalue weighted by atomic mass is 16.3. The number of benzene rings is 2. The van der Waals surface area contributed by atoms with Gasteiger partial charge in [-0.05, 0) is 36.8 Å². The first-order valence-corrected chi connectivity index (χ1v) is 6.20. The molecule has 0 aliphatic rings. The quantitative estimate of drug-likeness (QED) is 0.897. The maximum Gasteiger partial charge on any atom is 0.255 e. The molecule has 0 bridgehead atoms. The number of hydrogen-bond donors (Lipinski definition) is 2. The summed E-state index contributed by atoms with van der Waals surface area (Å²) in [5.74, 6) is -0.378. The Balaban J connectivity index is 2.11. The fourth-order valence-electron chi connectivity index (χ4n) is 1.87. The van der Waals surface area contributed by atoms with Crippen molar-refractivity contribution in [2.45, 2.75) is 13.0 Å². The first-order chi connectivity index (χ1) is 9.61. The van der Waals surface area contributed by atoms with Crippen molar-refractivity contribution in [3.63, 3.8) is 0 Å². The van der Waals surface area contributed by atoms with Gasteiger partial charge in [0.05, 0.1) is 23.2 Å². The van der Waals surface area contributed by atoms with E-state index in [1.807, 2.05) is 13.0 Å². The van der Waals surface area contributed by atoms with E-state index >= 15 is 0 Å². The first-order valence-electron chi connectivity index (χ1n) is 6.20. The number of phenolic OH excluding ortho intramolecular Hbond substituents is 1. The molecule has 0 heterocycles. The van der Waals surface area contributed by atoms with E-state index in [-0.39, 0.29) is 23.3 Å². The molecule has 0 spiro atoms. The minimum Gasteiger partial charge on any atom is -0.507 e. The Hall–Kier alpha value is -2.80. The number of aromatic hydroxyl groups is 1. The molecular weight excluding hydrogens is 252 g/mol. The van der Waals surface area contributed by atoms with E-state index in [0.29, 0.717) is 5.56 Å². The van der Waals surface area contributed by atoms with Crippen molar-refractivity contribution < 1.29 is 9.90 Å². The lowest BCUT2D eigenvalue weighted by atomic mass is 10.1. The van der Waals surface area contributed by atoms with E-state index in [1.165, 1.54) is 6.07 Å². The molecule has 100 valence electrons. The lowest BCUT2D eigenvalue weighted by molar-refractivity contribution is 0.0937. The lowest BCUT2D eigenvalue weighted by Crippen LogP contribution is -2.26. The molecule has 2 aromatic carbocycles. The van der Waals surface area contributed by atoms with Gasteiger partial charge in [0.1, 0.15) is 5.75 Å². The molecule has 4 heteroatoms. The van der Waals surface area contributed by atoms with Gasteiger partial charge in [-0.2, -0.15) is 5.26 Å². The SMILES string of the molecule is CC(NC(=O)c1ccccc1O)c1ccc(C#N)cc1. The van der Waals surface area contributed by atoms with Crippen molar-refractivity contribution >= 4 is 5.91 Å². The topological polar surface area (TPSA) is 73.1 Å². The van der Waals surface area contributed by atoms with Crippen LogP contribution in [0.3, 0.4) is 0 Å². The molecule has 2 rings (SSSR count). The van der Waals surface area contributed by atoms with E-state index < -0.39 is 0 Å². The monoisotopic (exact) mass is 266 g/mol. The van der Waals surface area contributed by atoms with Crippen LogP contribution in [-0.2, 0) is 0 Å². The average molecular weight is 266 g/mol. The summed E-state index contributed by atoms with van der Waals surface area (Å²) in [5.41, 5.74) is 1.72. The zero-order valence-corrected chi connectivity index (χ0v) is 11.0. The Morgan fingerprint density at radius 1 is 1.20 bits per heavy atom. The predicted molar refractivity (Wildman–Crippen MR) is 75.1 cm³/mol. The Labute approximate surface area is 117 Å². The predicted octanol–water partition coefficient (Wildman–Crippen LogP) is 2.75. The summed E-state index contributed by atoms with van der Waals surface area (Å²) in [6, 6.07) is 15.2. The number of carbonyl (C=O) groups is 1. The normalized spacial score (nSPS) is 11.4. The largest absolute Gasteiger partial charge is 0.507 e. The minimum atomic E-state index is -0.333. The van der Waals surface area contributed by atoms with Gasteiger partial charge in [-0.3, -0.25) is 4.79 Å². The molecule has 0 aliphatic carbocycles. The molecule has 2 N–H and O–H groups in total. The van der Waals surface area contributed by atoms with Gasteiger partial charge in [0.25, 0.3) is 5.91 Å². The third-order valence-corrected chi connectivity index (χ3v) is 3.04. The fourth-order valence-corrected chi connectivity index (χ4v) is 1.87. The van der Waals surface area contributed by atoms with Crippen LogP contribution in [0.2, 0.25) is 0 Å². The minimum absolute atomic E-state index is 0.0444. The summed E-state index contributed by atoms with van der Waals surface area (Å²) in [5, 5.41) is 21.2. The van der Waals surface area contributed by atoms with E-state index in [1.54, 1.807) is 42.5 Å². The van der Waals surface area contributed by atoms with Crippen LogP contribution in [0, 0.1) is 11.3 Å². The highest BCUT2D eigenvalue weighted by Gasteiger charge is 2.14. The van der Waals surface area contributed by atoms with Crippen LogP contribution in [0.25, 0.3) is 0 Å². The summed E-state index contributed by atoms with van der Waals surface area (Å²) in [4.78, 5) is 12.0. The van der Waals surface area contributed by atoms with E-state index in [0.717, 1.165) is 5.56 Å². The summed E-state index contributed by atoms with van der Waals surface area (Å²) in [6.07, 6.45) is 0. The Morgan fingerprint density at radius 3 is 2.45 bits per heavy atom. The van der Waals surface area contributed by atoms with Gasteiger partial charge in [0.15, 0.2) is 0 Å². The number of carbonyl (C=O) groups excluding carboxylic acids is 1. The average Bonchev–Trinajstić information content (AvgIpc) is 2.47. The van der Waals surface area contributed by atoms with Crippen molar-refractivity contribution in [1.82, 2.24) is 5.32 Å². The Morgan fingerprint density at radius 2 is 1.85 bits per heavy atom. The van der Waals surface area contributed by atoms with Crippen molar-refractivity contribution in [1.29, 1.82) is 5.26 Å². The summed E-state index contributed by atoms with van der Waals surface area (Å²) in [6.45, 7) is 1.85. The number of rotatable bonds is 3. The highest BCUT2D eigenvalue weighted by molar-refractivity contribution is 5.96. The molecule has 4 nitrogen and oxygen atoms in total. The molecule has 20 heavy (non-hydrogen) atoms. The van der Waals surface area contributed by atoms with E-state index in [4.69, 9.17) is 5.26 Å². The molecule has 0 aliphatic heterocycles. The smallest absolute Gasteiger partial charge is 0.255 e. The van der Waals surface area contributed by atoms with Gasteiger partial charge in [0, 0.05) is 0 Å². The van der Waals surface area contributed by atoms with Gasteiger partial charge >= 0.3 is 0 Å². The van der Waals surface area contributed by atoms with Gasteiger partial charge < -0.3 is 10.4 Å². The second-order valence-corrected chi connectivity index (χ2v) is 4.45. The number of phenols is 1. The maximum absolute atomic E-state index is 12.0. The second-order valence-electron chi connectivity index (χ2n) is 4.45. The number of hydrogen-bond acceptors (Lipinski definition) is 3. The van der Waals surface area contributed by atoms with E-state index in [2.05, 4.69) is 5.32 Å². The molecule has 2 aromatic rings. The molecule has 0 saturated carbocycles. The number of nitrogens with one attached hydrogen (secondary N) is 1. The van der Waals surface area contributed by atoms with Crippen LogP contribution in [0.4, 0.5) is 0 Å². The maximum atomic E-state index is 12.0. The molecule has 0 fully saturated rings. The highest BCUT2D eigenvalue weighted by Crippen LogP contribution is 2.18. The van der Waals surface area contributed by atoms with Crippen LogP contribution < -0.4 is 5.32 Å². The zero-order valence-electron chi connectivity index (χ0n) is 11.0. The zero-order chi connectivity index (χ0) is 14.5. The van der Waals surface area contributed by atoms with Crippen LogP contribution in [0.1, 0.15) is 34.5 Å². The van der Waals surface area contributed by atoms with Gasteiger partial charge in [0.2, 0.25) is 0 Å². The lowest BCUT2D eigenvalue weighted by Gasteiger charge is -2.15. The third-order valence-electron chi connectivity index (χ3n) is 3.04. The van der Waals surface area contributed by atoms with Gasteiger partial charge in [-0.15, -0.1) is 0 Å². The number of nitriles is 1.